The second kappa shape index (κ2) is 9.43. The molecule has 11 heteroatoms. The molecule has 0 fully saturated rings. The molecule has 2 aromatic heterocycles. The topological polar surface area (TPSA) is 93.2 Å². The SMILES string of the molecule is O=C(Nc1ccncc1)c1cccc(NC(=O)c2cnc(OCC(F)(F)F)c(Cl)c2)c1. The number of carbonyl (C=O) groups is 2. The normalized spacial score (nSPS) is 11.0. The summed E-state index contributed by atoms with van der Waals surface area (Å²) in [6, 6.07) is 10.6. The van der Waals surface area contributed by atoms with E-state index in [9.17, 15) is 22.8 Å². The van der Waals surface area contributed by atoms with Crippen molar-refractivity contribution >= 4 is 34.8 Å². The Kier molecular flexibility index (Phi) is 6.71. The molecule has 0 aliphatic heterocycles. The average Bonchev–Trinajstić information content (AvgIpc) is 2.73. The van der Waals surface area contributed by atoms with E-state index in [1.807, 2.05) is 0 Å². The number of alkyl halides is 3. The summed E-state index contributed by atoms with van der Waals surface area (Å²) < 4.78 is 41.2. The van der Waals surface area contributed by atoms with Gasteiger partial charge in [-0.1, -0.05) is 17.7 Å². The molecule has 0 aliphatic carbocycles. The van der Waals surface area contributed by atoms with Gasteiger partial charge in [0, 0.05) is 35.5 Å². The molecule has 0 saturated carbocycles. The third kappa shape index (κ3) is 6.41. The summed E-state index contributed by atoms with van der Waals surface area (Å²) in [6.07, 6.45) is -0.446. The first-order chi connectivity index (χ1) is 14.7. The molecule has 0 unspecified atom stereocenters. The molecule has 0 saturated heterocycles. The van der Waals surface area contributed by atoms with Crippen molar-refractivity contribution in [2.75, 3.05) is 17.2 Å². The van der Waals surface area contributed by atoms with Crippen LogP contribution in [0.2, 0.25) is 5.02 Å². The predicted molar refractivity (Wildman–Crippen MR) is 107 cm³/mol. The highest BCUT2D eigenvalue weighted by Crippen LogP contribution is 2.25. The molecular formula is C20H14ClF3N4O3. The van der Waals surface area contributed by atoms with Gasteiger partial charge in [0.15, 0.2) is 6.61 Å². The lowest BCUT2D eigenvalue weighted by Crippen LogP contribution is -2.20. The van der Waals surface area contributed by atoms with Gasteiger partial charge in [-0.25, -0.2) is 4.98 Å². The summed E-state index contributed by atoms with van der Waals surface area (Å²) in [5, 5.41) is 5.02. The predicted octanol–water partition coefficient (Wildman–Crippen LogP) is 4.58. The third-order valence-electron chi connectivity index (χ3n) is 3.76. The number of carbonyl (C=O) groups excluding carboxylic acids is 2. The third-order valence-corrected chi connectivity index (χ3v) is 4.03. The van der Waals surface area contributed by atoms with Crippen molar-refractivity contribution in [2.45, 2.75) is 6.18 Å². The Bertz CT molecular complexity index is 1090. The highest BCUT2D eigenvalue weighted by atomic mass is 35.5. The molecule has 0 aliphatic rings. The Morgan fingerprint density at radius 3 is 2.32 bits per heavy atom. The second-order valence-electron chi connectivity index (χ2n) is 6.14. The van der Waals surface area contributed by atoms with Gasteiger partial charge in [-0.05, 0) is 36.4 Å². The number of ether oxygens (including phenoxy) is 1. The van der Waals surface area contributed by atoms with Crippen LogP contribution >= 0.6 is 11.6 Å². The maximum absolute atomic E-state index is 12.4. The number of rotatable bonds is 6. The Morgan fingerprint density at radius 1 is 0.968 bits per heavy atom. The Morgan fingerprint density at radius 2 is 1.65 bits per heavy atom. The number of pyridine rings is 2. The monoisotopic (exact) mass is 450 g/mol. The highest BCUT2D eigenvalue weighted by Gasteiger charge is 2.29. The van der Waals surface area contributed by atoms with E-state index in [1.165, 1.54) is 18.5 Å². The van der Waals surface area contributed by atoms with Crippen LogP contribution in [0.3, 0.4) is 0 Å². The molecule has 1 aromatic carbocycles. The van der Waals surface area contributed by atoms with Crippen LogP contribution in [-0.2, 0) is 0 Å². The second-order valence-corrected chi connectivity index (χ2v) is 6.55. The Balaban J connectivity index is 1.67. The molecular weight excluding hydrogens is 437 g/mol. The largest absolute Gasteiger partial charge is 0.467 e. The smallest absolute Gasteiger partial charge is 0.422 e. The van der Waals surface area contributed by atoms with Gasteiger partial charge in [0.05, 0.1) is 5.56 Å². The van der Waals surface area contributed by atoms with E-state index in [4.69, 9.17) is 11.6 Å². The standard InChI is InChI=1S/C20H14ClF3N4O3/c21-16-9-13(10-26-19(16)31-11-20(22,23)24)18(30)28-15-3-1-2-12(8-15)17(29)27-14-4-6-25-7-5-14/h1-10H,11H2,(H,28,30)(H,25,27,29). The molecule has 0 bridgehead atoms. The van der Waals surface area contributed by atoms with Crippen molar-refractivity contribution < 1.29 is 27.5 Å². The zero-order valence-electron chi connectivity index (χ0n) is 15.6. The van der Waals surface area contributed by atoms with Crippen LogP contribution in [0.15, 0.2) is 61.1 Å². The summed E-state index contributed by atoms with van der Waals surface area (Å²) in [5.74, 6) is -1.45. The molecule has 2 N–H and O–H groups in total. The van der Waals surface area contributed by atoms with Gasteiger partial charge in [0.25, 0.3) is 11.8 Å². The molecule has 0 spiro atoms. The fraction of sp³-hybridized carbons (Fsp3) is 0.100. The van der Waals surface area contributed by atoms with E-state index in [1.54, 1.807) is 30.3 Å². The van der Waals surface area contributed by atoms with Crippen LogP contribution in [0.25, 0.3) is 0 Å². The number of amides is 2. The number of nitrogens with one attached hydrogen (secondary N) is 2. The fourth-order valence-electron chi connectivity index (χ4n) is 2.39. The zero-order chi connectivity index (χ0) is 22.4. The van der Waals surface area contributed by atoms with Gasteiger partial charge in [0.2, 0.25) is 5.88 Å². The number of benzene rings is 1. The van der Waals surface area contributed by atoms with Crippen molar-refractivity contribution in [3.63, 3.8) is 0 Å². The van der Waals surface area contributed by atoms with E-state index in [2.05, 4.69) is 25.3 Å². The van der Waals surface area contributed by atoms with Crippen molar-refractivity contribution in [1.82, 2.24) is 9.97 Å². The van der Waals surface area contributed by atoms with Crippen LogP contribution in [-0.4, -0.2) is 34.6 Å². The molecule has 3 rings (SSSR count). The van der Waals surface area contributed by atoms with Gasteiger partial charge in [0.1, 0.15) is 5.02 Å². The van der Waals surface area contributed by atoms with E-state index in [0.29, 0.717) is 16.9 Å². The number of hydrogen-bond donors (Lipinski definition) is 2. The molecule has 0 radical (unpaired) electrons. The van der Waals surface area contributed by atoms with Gasteiger partial charge < -0.3 is 15.4 Å². The fourth-order valence-corrected chi connectivity index (χ4v) is 2.61. The summed E-state index contributed by atoms with van der Waals surface area (Å²) in [5.41, 5.74) is 1.17. The summed E-state index contributed by atoms with van der Waals surface area (Å²) in [4.78, 5) is 32.3. The molecule has 2 heterocycles. The zero-order valence-corrected chi connectivity index (χ0v) is 16.4. The lowest BCUT2D eigenvalue weighted by Gasteiger charge is -2.11. The quantitative estimate of drug-likeness (QED) is 0.573. The van der Waals surface area contributed by atoms with E-state index in [0.717, 1.165) is 12.3 Å². The van der Waals surface area contributed by atoms with E-state index >= 15 is 0 Å². The summed E-state index contributed by atoms with van der Waals surface area (Å²) >= 11 is 5.86. The molecule has 0 atom stereocenters. The van der Waals surface area contributed by atoms with Crippen LogP contribution in [0.4, 0.5) is 24.5 Å². The summed E-state index contributed by atoms with van der Waals surface area (Å²) in [7, 11) is 0. The first kappa shape index (κ1) is 22.0. The Hall–Kier alpha value is -3.66. The van der Waals surface area contributed by atoms with Crippen molar-refractivity contribution in [3.05, 3.63) is 77.2 Å². The van der Waals surface area contributed by atoms with Crippen molar-refractivity contribution in [1.29, 1.82) is 0 Å². The Labute approximate surface area is 179 Å². The van der Waals surface area contributed by atoms with E-state index in [-0.39, 0.29) is 10.6 Å². The van der Waals surface area contributed by atoms with Gasteiger partial charge in [-0.15, -0.1) is 0 Å². The minimum atomic E-state index is -4.55. The average molecular weight is 451 g/mol. The highest BCUT2D eigenvalue weighted by molar-refractivity contribution is 6.32. The number of aromatic nitrogens is 2. The van der Waals surface area contributed by atoms with Crippen LogP contribution in [0.5, 0.6) is 5.88 Å². The maximum atomic E-state index is 12.4. The minimum absolute atomic E-state index is 0.00370. The van der Waals surface area contributed by atoms with Crippen LogP contribution in [0, 0.1) is 0 Å². The first-order valence-corrected chi connectivity index (χ1v) is 9.07. The van der Waals surface area contributed by atoms with Crippen molar-refractivity contribution in [3.8, 4) is 5.88 Å². The van der Waals surface area contributed by atoms with Crippen LogP contribution in [0.1, 0.15) is 20.7 Å². The molecule has 160 valence electrons. The minimum Gasteiger partial charge on any atom is -0.467 e. The number of anilines is 2. The van der Waals surface area contributed by atoms with E-state index < -0.39 is 30.5 Å². The molecule has 31 heavy (non-hydrogen) atoms. The molecule has 7 nitrogen and oxygen atoms in total. The molecule has 2 amide bonds. The first-order valence-electron chi connectivity index (χ1n) is 8.69. The van der Waals surface area contributed by atoms with Gasteiger partial charge in [-0.2, -0.15) is 13.2 Å². The maximum Gasteiger partial charge on any atom is 0.422 e. The number of nitrogens with zero attached hydrogens (tertiary/aromatic N) is 2. The molecule has 3 aromatic rings. The number of hydrogen-bond acceptors (Lipinski definition) is 5. The lowest BCUT2D eigenvalue weighted by atomic mass is 10.1. The summed E-state index contributed by atoms with van der Waals surface area (Å²) in [6.45, 7) is -1.56. The van der Waals surface area contributed by atoms with Gasteiger partial charge >= 0.3 is 6.18 Å². The number of halogens is 4. The van der Waals surface area contributed by atoms with Crippen molar-refractivity contribution in [2.24, 2.45) is 0 Å². The van der Waals surface area contributed by atoms with Gasteiger partial charge in [-0.3, -0.25) is 14.6 Å². The lowest BCUT2D eigenvalue weighted by molar-refractivity contribution is -0.154. The van der Waals surface area contributed by atoms with Crippen LogP contribution < -0.4 is 15.4 Å².